The van der Waals surface area contributed by atoms with E-state index < -0.39 is 0 Å². The number of carbonyl (C=O) groups excluding carboxylic acids is 1. The second kappa shape index (κ2) is 8.17. The molecule has 1 fully saturated rings. The summed E-state index contributed by atoms with van der Waals surface area (Å²) in [5, 5.41) is 0.480. The molecule has 0 N–H and O–H groups in total. The second-order valence-electron chi connectivity index (χ2n) is 7.64. The van der Waals surface area contributed by atoms with Crippen molar-refractivity contribution in [1.82, 2.24) is 4.57 Å². The first-order valence-electron chi connectivity index (χ1n) is 9.02. The molecule has 3 rings (SSSR count). The number of carbonyl (C=O) groups is 1. The molecular formula is C20H25ClN2O3S. The summed E-state index contributed by atoms with van der Waals surface area (Å²) >= 11 is 7.63. The van der Waals surface area contributed by atoms with E-state index in [1.807, 2.05) is 0 Å². The highest BCUT2D eigenvalue weighted by Gasteiger charge is 2.23. The molecule has 2 heterocycles. The number of rotatable bonds is 3. The first-order valence-corrected chi connectivity index (χ1v) is 10.2. The summed E-state index contributed by atoms with van der Waals surface area (Å²) in [6.07, 6.45) is 3.98. The number of aromatic nitrogens is 1. The van der Waals surface area contributed by atoms with Gasteiger partial charge < -0.3 is 14.0 Å². The Morgan fingerprint density at radius 3 is 2.67 bits per heavy atom. The predicted molar refractivity (Wildman–Crippen MR) is 108 cm³/mol. The van der Waals surface area contributed by atoms with Gasteiger partial charge in [0.2, 0.25) is 0 Å². The van der Waals surface area contributed by atoms with Crippen molar-refractivity contribution in [3.05, 3.63) is 44.7 Å². The molecule has 0 aliphatic carbocycles. The van der Waals surface area contributed by atoms with Gasteiger partial charge in [0, 0.05) is 35.4 Å². The number of halogens is 1. The minimum Gasteiger partial charge on any atom is -0.496 e. The first-order chi connectivity index (χ1) is 12.8. The summed E-state index contributed by atoms with van der Waals surface area (Å²) in [5.41, 5.74) is 0.358. The number of thiazole rings is 1. The van der Waals surface area contributed by atoms with E-state index in [1.54, 1.807) is 29.5 Å². The predicted octanol–water partition coefficient (Wildman–Crippen LogP) is 4.60. The summed E-state index contributed by atoms with van der Waals surface area (Å²) in [5.74, 6) is 0.121. The molecule has 0 radical (unpaired) electrons. The quantitative estimate of drug-likeness (QED) is 0.745. The summed E-state index contributed by atoms with van der Waals surface area (Å²) in [7, 11) is 1.53. The number of methoxy groups -OCH3 is 1. The van der Waals surface area contributed by atoms with Gasteiger partial charge in [-0.2, -0.15) is 4.99 Å². The van der Waals surface area contributed by atoms with Crippen molar-refractivity contribution in [2.75, 3.05) is 20.3 Å². The molecule has 7 heteroatoms. The SMILES string of the molecule is COc1ccc(Cl)cc1C(=O)N=c1sc(C(C)(C)C)cn1C1CCOCC1. The van der Waals surface area contributed by atoms with Crippen LogP contribution in [-0.2, 0) is 10.2 Å². The fourth-order valence-electron chi connectivity index (χ4n) is 3.01. The van der Waals surface area contributed by atoms with Crippen LogP contribution >= 0.6 is 22.9 Å². The van der Waals surface area contributed by atoms with E-state index in [1.165, 1.54) is 12.0 Å². The lowest BCUT2D eigenvalue weighted by Gasteiger charge is -2.23. The molecule has 1 amide bonds. The largest absolute Gasteiger partial charge is 0.496 e. The van der Waals surface area contributed by atoms with E-state index in [-0.39, 0.29) is 11.3 Å². The topological polar surface area (TPSA) is 52.8 Å². The molecule has 0 saturated carbocycles. The Balaban J connectivity index is 2.07. The molecule has 1 aliphatic heterocycles. The highest BCUT2D eigenvalue weighted by atomic mass is 35.5. The Labute approximate surface area is 168 Å². The maximum absolute atomic E-state index is 12.9. The summed E-state index contributed by atoms with van der Waals surface area (Å²) in [6, 6.07) is 5.27. The molecule has 146 valence electrons. The van der Waals surface area contributed by atoms with Crippen molar-refractivity contribution < 1.29 is 14.3 Å². The van der Waals surface area contributed by atoms with Crippen LogP contribution in [0.4, 0.5) is 0 Å². The molecule has 1 aromatic carbocycles. The van der Waals surface area contributed by atoms with Gasteiger partial charge in [-0.05, 0) is 36.5 Å². The maximum Gasteiger partial charge on any atom is 0.283 e. The van der Waals surface area contributed by atoms with Gasteiger partial charge in [0.1, 0.15) is 5.75 Å². The third-order valence-electron chi connectivity index (χ3n) is 4.59. The van der Waals surface area contributed by atoms with E-state index in [0.29, 0.717) is 27.2 Å². The summed E-state index contributed by atoms with van der Waals surface area (Å²) in [6.45, 7) is 7.96. The average Bonchev–Trinajstić information content (AvgIpc) is 3.06. The van der Waals surface area contributed by atoms with Crippen molar-refractivity contribution in [2.24, 2.45) is 4.99 Å². The van der Waals surface area contributed by atoms with Gasteiger partial charge in [-0.15, -0.1) is 11.3 Å². The van der Waals surface area contributed by atoms with Crippen LogP contribution in [0.15, 0.2) is 29.4 Å². The molecular weight excluding hydrogens is 384 g/mol. The molecule has 0 unspecified atom stereocenters. The number of ether oxygens (including phenoxy) is 2. The summed E-state index contributed by atoms with van der Waals surface area (Å²) < 4.78 is 12.9. The van der Waals surface area contributed by atoms with Crippen molar-refractivity contribution in [2.45, 2.75) is 45.1 Å². The molecule has 1 aromatic heterocycles. The van der Waals surface area contributed by atoms with Gasteiger partial charge >= 0.3 is 0 Å². The van der Waals surface area contributed by atoms with Crippen LogP contribution in [0.3, 0.4) is 0 Å². The fourth-order valence-corrected chi connectivity index (χ4v) is 4.28. The van der Waals surface area contributed by atoms with Gasteiger partial charge in [0.15, 0.2) is 4.80 Å². The maximum atomic E-state index is 12.9. The van der Waals surface area contributed by atoms with E-state index >= 15 is 0 Å². The molecule has 2 aromatic rings. The van der Waals surface area contributed by atoms with Gasteiger partial charge in [-0.25, -0.2) is 0 Å². The molecule has 0 bridgehead atoms. The number of amides is 1. The number of hydrogen-bond acceptors (Lipinski definition) is 4. The average molecular weight is 409 g/mol. The highest BCUT2D eigenvalue weighted by molar-refractivity contribution is 7.09. The standard InChI is InChI=1S/C20H25ClN2O3S/c1-20(2,3)17-12-23(14-7-9-26-10-8-14)19(27-17)22-18(24)15-11-13(21)5-6-16(15)25-4/h5-6,11-12,14H,7-10H2,1-4H3. The molecule has 5 nitrogen and oxygen atoms in total. The number of nitrogens with zero attached hydrogens (tertiary/aromatic N) is 2. The Bertz CT molecular complexity index is 889. The van der Waals surface area contributed by atoms with Gasteiger partial charge in [0.25, 0.3) is 5.91 Å². The molecule has 1 saturated heterocycles. The Kier molecular flexibility index (Phi) is 6.08. The molecule has 0 atom stereocenters. The van der Waals surface area contributed by atoms with Gasteiger partial charge in [-0.1, -0.05) is 32.4 Å². The third-order valence-corrected chi connectivity index (χ3v) is 6.25. The Morgan fingerprint density at radius 2 is 2.04 bits per heavy atom. The van der Waals surface area contributed by atoms with Crippen molar-refractivity contribution in [3.8, 4) is 5.75 Å². The van der Waals surface area contributed by atoms with E-state index in [2.05, 4.69) is 36.5 Å². The minimum absolute atomic E-state index is 0.0118. The number of benzene rings is 1. The Morgan fingerprint density at radius 1 is 1.33 bits per heavy atom. The first kappa shape index (κ1) is 20.1. The molecule has 27 heavy (non-hydrogen) atoms. The van der Waals surface area contributed by atoms with Gasteiger partial charge in [0.05, 0.1) is 12.7 Å². The summed E-state index contributed by atoms with van der Waals surface area (Å²) in [4.78, 5) is 19.3. The van der Waals surface area contributed by atoms with Crippen LogP contribution < -0.4 is 9.54 Å². The van der Waals surface area contributed by atoms with Crippen molar-refractivity contribution in [3.63, 3.8) is 0 Å². The highest BCUT2D eigenvalue weighted by Crippen LogP contribution is 2.28. The van der Waals surface area contributed by atoms with Crippen LogP contribution in [0, 0.1) is 0 Å². The Hall–Kier alpha value is -1.63. The lowest BCUT2D eigenvalue weighted by atomic mass is 9.95. The van der Waals surface area contributed by atoms with Crippen molar-refractivity contribution in [1.29, 1.82) is 0 Å². The normalized spacial score (nSPS) is 16.6. The van der Waals surface area contributed by atoms with E-state index in [4.69, 9.17) is 21.1 Å². The van der Waals surface area contributed by atoms with Crippen LogP contribution in [0.1, 0.15) is 54.9 Å². The lowest BCUT2D eigenvalue weighted by molar-refractivity contribution is 0.0687. The smallest absolute Gasteiger partial charge is 0.283 e. The second-order valence-corrected chi connectivity index (χ2v) is 9.09. The van der Waals surface area contributed by atoms with Crippen LogP contribution in [0.25, 0.3) is 0 Å². The van der Waals surface area contributed by atoms with Gasteiger partial charge in [-0.3, -0.25) is 4.79 Å². The van der Waals surface area contributed by atoms with Crippen LogP contribution in [0.2, 0.25) is 5.02 Å². The van der Waals surface area contributed by atoms with Crippen LogP contribution in [0.5, 0.6) is 5.75 Å². The van der Waals surface area contributed by atoms with Crippen LogP contribution in [-0.4, -0.2) is 30.8 Å². The minimum atomic E-state index is -0.350. The van der Waals surface area contributed by atoms with E-state index in [0.717, 1.165) is 26.1 Å². The monoisotopic (exact) mass is 408 g/mol. The lowest BCUT2D eigenvalue weighted by Crippen LogP contribution is -2.26. The zero-order valence-electron chi connectivity index (χ0n) is 16.1. The van der Waals surface area contributed by atoms with Crippen molar-refractivity contribution >= 4 is 28.8 Å². The molecule has 1 aliphatic rings. The number of hydrogen-bond donors (Lipinski definition) is 0. The zero-order chi connectivity index (χ0) is 19.6. The van der Waals surface area contributed by atoms with E-state index in [9.17, 15) is 4.79 Å². The molecule has 0 spiro atoms. The third kappa shape index (κ3) is 4.62. The fraction of sp³-hybridized carbons (Fsp3) is 0.500. The zero-order valence-corrected chi connectivity index (χ0v) is 17.7.